The van der Waals surface area contributed by atoms with Crippen LogP contribution in [-0.4, -0.2) is 33.2 Å². The lowest BCUT2D eigenvalue weighted by Crippen LogP contribution is -2.27. The number of sulfonamides is 1. The number of nitrogens with two attached hydrogens (primary N) is 1. The highest BCUT2D eigenvalue weighted by Gasteiger charge is 2.08. The average molecular weight is 308 g/mol. The second kappa shape index (κ2) is 7.15. The van der Waals surface area contributed by atoms with Gasteiger partial charge in [-0.25, -0.2) is 13.6 Å². The van der Waals surface area contributed by atoms with Crippen molar-refractivity contribution in [3.8, 4) is 5.75 Å². The van der Waals surface area contributed by atoms with Crippen LogP contribution in [0.4, 0.5) is 8.78 Å². The Morgan fingerprint density at radius 3 is 2.40 bits per heavy atom. The van der Waals surface area contributed by atoms with Gasteiger partial charge < -0.3 is 10.1 Å². The van der Waals surface area contributed by atoms with Crippen LogP contribution in [0.25, 0.3) is 0 Å². The van der Waals surface area contributed by atoms with Gasteiger partial charge in [0.1, 0.15) is 5.75 Å². The van der Waals surface area contributed by atoms with Gasteiger partial charge in [-0.05, 0) is 30.7 Å². The van der Waals surface area contributed by atoms with E-state index >= 15 is 0 Å². The molecule has 6 nitrogen and oxygen atoms in total. The summed E-state index contributed by atoms with van der Waals surface area (Å²) in [6.45, 7) is -2.78. The second-order valence-electron chi connectivity index (χ2n) is 3.88. The molecule has 112 valence electrons. The van der Waals surface area contributed by atoms with Crippen molar-refractivity contribution in [2.75, 3.05) is 12.3 Å². The molecule has 0 fully saturated rings. The average Bonchev–Trinajstić information content (AvgIpc) is 2.33. The van der Waals surface area contributed by atoms with E-state index in [4.69, 9.17) is 5.14 Å². The van der Waals surface area contributed by atoms with Gasteiger partial charge in [-0.1, -0.05) is 0 Å². The smallest absolute Gasteiger partial charge is 0.387 e. The number of hydrogen-bond donors (Lipinski definition) is 2. The van der Waals surface area contributed by atoms with E-state index in [2.05, 4.69) is 10.1 Å². The normalized spacial score (nSPS) is 11.4. The fourth-order valence-electron chi connectivity index (χ4n) is 1.37. The molecular weight excluding hydrogens is 294 g/mol. The van der Waals surface area contributed by atoms with Gasteiger partial charge in [-0.3, -0.25) is 4.79 Å². The molecule has 0 aliphatic carbocycles. The minimum atomic E-state index is -3.54. The van der Waals surface area contributed by atoms with Crippen molar-refractivity contribution >= 4 is 15.9 Å². The molecule has 0 aliphatic rings. The van der Waals surface area contributed by atoms with Gasteiger partial charge >= 0.3 is 6.61 Å². The van der Waals surface area contributed by atoms with E-state index in [0.717, 1.165) is 0 Å². The first kappa shape index (κ1) is 16.3. The van der Waals surface area contributed by atoms with Crippen molar-refractivity contribution in [1.29, 1.82) is 0 Å². The van der Waals surface area contributed by atoms with Crippen LogP contribution in [0.3, 0.4) is 0 Å². The number of rotatable bonds is 7. The zero-order valence-corrected chi connectivity index (χ0v) is 11.2. The number of primary sulfonamides is 1. The molecule has 20 heavy (non-hydrogen) atoms. The molecule has 0 aliphatic heterocycles. The maximum Gasteiger partial charge on any atom is 0.387 e. The molecule has 0 bridgehead atoms. The predicted molar refractivity (Wildman–Crippen MR) is 68.0 cm³/mol. The van der Waals surface area contributed by atoms with Crippen LogP contribution in [0.2, 0.25) is 0 Å². The maximum atomic E-state index is 11.9. The molecule has 0 saturated heterocycles. The van der Waals surface area contributed by atoms with Gasteiger partial charge in [0, 0.05) is 12.1 Å². The van der Waals surface area contributed by atoms with Crippen molar-refractivity contribution in [1.82, 2.24) is 5.32 Å². The SMILES string of the molecule is NS(=O)(=O)CCCNC(=O)c1ccc(OC(F)F)cc1. The zero-order chi connectivity index (χ0) is 15.2. The predicted octanol–water partition coefficient (Wildman–Crippen LogP) is 0.696. The molecule has 1 rings (SSSR count). The number of carbonyl (C=O) groups excluding carboxylic acids is 1. The van der Waals surface area contributed by atoms with E-state index in [0.29, 0.717) is 0 Å². The summed E-state index contributed by atoms with van der Waals surface area (Å²) in [6.07, 6.45) is 0.192. The lowest BCUT2D eigenvalue weighted by Gasteiger charge is -2.07. The first-order valence-electron chi connectivity index (χ1n) is 5.61. The number of nitrogens with one attached hydrogen (secondary N) is 1. The highest BCUT2D eigenvalue weighted by Crippen LogP contribution is 2.14. The summed E-state index contributed by atoms with van der Waals surface area (Å²) in [5.74, 6) is -0.720. The number of benzene rings is 1. The summed E-state index contributed by atoms with van der Waals surface area (Å²) < 4.78 is 49.3. The van der Waals surface area contributed by atoms with Gasteiger partial charge in [0.05, 0.1) is 5.75 Å². The second-order valence-corrected chi connectivity index (χ2v) is 5.61. The van der Waals surface area contributed by atoms with Crippen LogP contribution in [0.5, 0.6) is 5.75 Å². The number of ether oxygens (including phenoxy) is 1. The molecule has 1 aromatic rings. The Labute approximate surface area is 115 Å². The van der Waals surface area contributed by atoms with Gasteiger partial charge in [0.15, 0.2) is 0 Å². The first-order valence-corrected chi connectivity index (χ1v) is 7.33. The Morgan fingerprint density at radius 1 is 1.30 bits per heavy atom. The standard InChI is InChI=1S/C11H14F2N2O4S/c12-11(13)19-9-4-2-8(3-5-9)10(16)15-6-1-7-20(14,17)18/h2-5,11H,1,6-7H2,(H,15,16)(H2,14,17,18). The van der Waals surface area contributed by atoms with Crippen molar-refractivity contribution in [2.45, 2.75) is 13.0 Å². The van der Waals surface area contributed by atoms with Crippen LogP contribution in [-0.2, 0) is 10.0 Å². The molecule has 1 aromatic carbocycles. The number of amides is 1. The van der Waals surface area contributed by atoms with Gasteiger partial charge in [0.2, 0.25) is 10.0 Å². The zero-order valence-electron chi connectivity index (χ0n) is 10.4. The van der Waals surface area contributed by atoms with Gasteiger partial charge in [0.25, 0.3) is 5.91 Å². The van der Waals surface area contributed by atoms with Crippen LogP contribution in [0, 0.1) is 0 Å². The molecule has 0 aromatic heterocycles. The van der Waals surface area contributed by atoms with E-state index in [1.807, 2.05) is 0 Å². The lowest BCUT2D eigenvalue weighted by molar-refractivity contribution is -0.0498. The molecule has 9 heteroatoms. The summed E-state index contributed by atoms with van der Waals surface area (Å²) >= 11 is 0. The minimum absolute atomic E-state index is 0.0502. The molecule has 0 atom stereocenters. The van der Waals surface area contributed by atoms with E-state index in [-0.39, 0.29) is 30.0 Å². The van der Waals surface area contributed by atoms with Crippen LogP contribution in [0.1, 0.15) is 16.8 Å². The summed E-state index contributed by atoms with van der Waals surface area (Å²) in [7, 11) is -3.54. The maximum absolute atomic E-state index is 11.9. The number of carbonyl (C=O) groups is 1. The van der Waals surface area contributed by atoms with E-state index in [1.165, 1.54) is 24.3 Å². The Balaban J connectivity index is 2.44. The van der Waals surface area contributed by atoms with Crippen LogP contribution < -0.4 is 15.2 Å². The fraction of sp³-hybridized carbons (Fsp3) is 0.364. The first-order chi connectivity index (χ1) is 9.28. The lowest BCUT2D eigenvalue weighted by atomic mass is 10.2. The summed E-state index contributed by atoms with van der Waals surface area (Å²) in [5, 5.41) is 7.29. The summed E-state index contributed by atoms with van der Waals surface area (Å²) in [6, 6.07) is 5.14. The third kappa shape index (κ3) is 6.43. The van der Waals surface area contributed by atoms with Gasteiger partial charge in [-0.2, -0.15) is 8.78 Å². The van der Waals surface area contributed by atoms with E-state index in [9.17, 15) is 22.0 Å². The molecule has 0 saturated carbocycles. The highest BCUT2D eigenvalue weighted by molar-refractivity contribution is 7.89. The monoisotopic (exact) mass is 308 g/mol. The number of hydrogen-bond acceptors (Lipinski definition) is 4. The molecule has 0 radical (unpaired) electrons. The largest absolute Gasteiger partial charge is 0.435 e. The third-order valence-corrected chi connectivity index (χ3v) is 3.09. The fourth-order valence-corrected chi connectivity index (χ4v) is 1.91. The molecule has 0 heterocycles. The van der Waals surface area contributed by atoms with Crippen molar-refractivity contribution in [3.05, 3.63) is 29.8 Å². The van der Waals surface area contributed by atoms with Gasteiger partial charge in [-0.15, -0.1) is 0 Å². The Morgan fingerprint density at radius 2 is 1.90 bits per heavy atom. The molecule has 3 N–H and O–H groups in total. The summed E-state index contributed by atoms with van der Waals surface area (Å²) in [5.41, 5.74) is 0.252. The number of alkyl halides is 2. The van der Waals surface area contributed by atoms with Crippen molar-refractivity contribution in [3.63, 3.8) is 0 Å². The topological polar surface area (TPSA) is 98.5 Å². The van der Waals surface area contributed by atoms with Crippen LogP contribution >= 0.6 is 0 Å². The Kier molecular flexibility index (Phi) is 5.83. The van der Waals surface area contributed by atoms with Crippen molar-refractivity contribution in [2.24, 2.45) is 5.14 Å². The molecular formula is C11H14F2N2O4S. The van der Waals surface area contributed by atoms with E-state index < -0.39 is 22.5 Å². The highest BCUT2D eigenvalue weighted by atomic mass is 32.2. The number of halogens is 2. The van der Waals surface area contributed by atoms with Crippen molar-refractivity contribution < 1.29 is 26.7 Å². The Hall–Kier alpha value is -1.74. The minimum Gasteiger partial charge on any atom is -0.435 e. The molecule has 0 spiro atoms. The molecule has 1 amide bonds. The molecule has 0 unspecified atom stereocenters. The van der Waals surface area contributed by atoms with E-state index in [1.54, 1.807) is 0 Å². The Bertz CT molecular complexity index is 546. The summed E-state index contributed by atoms with van der Waals surface area (Å²) in [4.78, 5) is 11.6. The third-order valence-electron chi connectivity index (χ3n) is 2.23. The van der Waals surface area contributed by atoms with Crippen LogP contribution in [0.15, 0.2) is 24.3 Å². The quantitative estimate of drug-likeness (QED) is 0.724.